The number of hydrogen-bond donors (Lipinski definition) is 1. The molecule has 0 unspecified atom stereocenters. The third-order valence-electron chi connectivity index (χ3n) is 3.50. The first-order valence-electron chi connectivity index (χ1n) is 6.45. The minimum absolute atomic E-state index is 0.864. The summed E-state index contributed by atoms with van der Waals surface area (Å²) in [5, 5.41) is 5.73. The van der Waals surface area contributed by atoms with E-state index in [0.29, 0.717) is 0 Å². The Morgan fingerprint density at radius 2 is 1.84 bits per heavy atom. The fourth-order valence-corrected chi connectivity index (χ4v) is 2.60. The summed E-state index contributed by atoms with van der Waals surface area (Å²) in [7, 11) is 0. The van der Waals surface area contributed by atoms with Crippen LogP contribution in [0.3, 0.4) is 0 Å². The highest BCUT2D eigenvalue weighted by Gasteiger charge is 2.13. The van der Waals surface area contributed by atoms with Crippen molar-refractivity contribution in [2.24, 2.45) is 0 Å². The average Bonchev–Trinajstić information content (AvgIpc) is 2.87. The number of nitrogens with one attached hydrogen (secondary N) is 1. The van der Waals surface area contributed by atoms with Crippen molar-refractivity contribution in [1.29, 1.82) is 0 Å². The molecule has 0 fully saturated rings. The number of rotatable bonds is 1. The Labute approximate surface area is 111 Å². The zero-order chi connectivity index (χ0) is 12.7. The number of para-hydroxylation sites is 2. The molecular weight excluding hydrogens is 234 g/mol. The highest BCUT2D eigenvalue weighted by atomic mass is 16.3. The fourth-order valence-electron chi connectivity index (χ4n) is 2.60. The number of dihydropyridines is 1. The van der Waals surface area contributed by atoms with E-state index >= 15 is 0 Å². The van der Waals surface area contributed by atoms with Gasteiger partial charge >= 0.3 is 0 Å². The molecule has 0 aliphatic carbocycles. The summed E-state index contributed by atoms with van der Waals surface area (Å²) in [6.07, 6.45) is 6.26. The topological polar surface area (TPSA) is 25.2 Å². The maximum atomic E-state index is 6.03. The molecule has 0 radical (unpaired) electrons. The van der Waals surface area contributed by atoms with Gasteiger partial charge < -0.3 is 9.73 Å². The molecule has 1 aliphatic heterocycles. The molecule has 1 aromatic heterocycles. The molecule has 0 spiro atoms. The van der Waals surface area contributed by atoms with Crippen LogP contribution in [-0.4, -0.2) is 6.54 Å². The van der Waals surface area contributed by atoms with Crippen molar-refractivity contribution >= 4 is 27.6 Å². The van der Waals surface area contributed by atoms with Crippen molar-refractivity contribution in [1.82, 2.24) is 5.32 Å². The fraction of sp³-hybridized carbons (Fsp3) is 0.0588. The van der Waals surface area contributed by atoms with Crippen LogP contribution in [0.15, 0.2) is 65.1 Å². The van der Waals surface area contributed by atoms with E-state index in [1.54, 1.807) is 0 Å². The second-order valence-corrected chi connectivity index (χ2v) is 4.67. The molecule has 0 saturated carbocycles. The number of allylic oxidation sites excluding steroid dienone is 2. The number of furan rings is 1. The van der Waals surface area contributed by atoms with Gasteiger partial charge in [0.05, 0.1) is 0 Å². The van der Waals surface area contributed by atoms with Gasteiger partial charge in [0.15, 0.2) is 0 Å². The van der Waals surface area contributed by atoms with Crippen molar-refractivity contribution < 1.29 is 4.42 Å². The Morgan fingerprint density at radius 1 is 0.947 bits per heavy atom. The number of fused-ring (bicyclic) bond motifs is 3. The molecule has 0 saturated heterocycles. The maximum Gasteiger partial charge on any atom is 0.144 e. The first-order chi connectivity index (χ1) is 9.43. The first-order valence-corrected chi connectivity index (χ1v) is 6.45. The molecule has 2 nitrogen and oxygen atoms in total. The van der Waals surface area contributed by atoms with E-state index in [4.69, 9.17) is 4.42 Å². The molecule has 0 atom stereocenters. The van der Waals surface area contributed by atoms with Crippen molar-refractivity contribution in [3.05, 3.63) is 66.3 Å². The highest BCUT2D eigenvalue weighted by molar-refractivity contribution is 6.08. The zero-order valence-corrected chi connectivity index (χ0v) is 10.4. The van der Waals surface area contributed by atoms with E-state index in [2.05, 4.69) is 47.8 Å². The normalized spacial score (nSPS) is 14.6. The maximum absolute atomic E-state index is 6.03. The van der Waals surface area contributed by atoms with E-state index in [9.17, 15) is 0 Å². The molecule has 3 aromatic rings. The summed E-state index contributed by atoms with van der Waals surface area (Å²) >= 11 is 0. The Morgan fingerprint density at radius 3 is 2.74 bits per heavy atom. The van der Waals surface area contributed by atoms with Gasteiger partial charge in [-0.3, -0.25) is 0 Å². The molecule has 1 N–H and O–H groups in total. The first kappa shape index (κ1) is 10.4. The van der Waals surface area contributed by atoms with Crippen molar-refractivity contribution in [2.75, 3.05) is 6.54 Å². The van der Waals surface area contributed by atoms with Gasteiger partial charge in [-0.2, -0.15) is 0 Å². The zero-order valence-electron chi connectivity index (χ0n) is 10.4. The van der Waals surface area contributed by atoms with Gasteiger partial charge in [-0.1, -0.05) is 42.5 Å². The molecule has 0 bridgehead atoms. The smallest absolute Gasteiger partial charge is 0.144 e. The van der Waals surface area contributed by atoms with Gasteiger partial charge in [-0.15, -0.1) is 0 Å². The van der Waals surface area contributed by atoms with Crippen LogP contribution in [0, 0.1) is 0 Å². The Balaban J connectivity index is 2.06. The van der Waals surface area contributed by atoms with Crippen molar-refractivity contribution in [3.8, 4) is 0 Å². The van der Waals surface area contributed by atoms with Crippen LogP contribution in [0.2, 0.25) is 0 Å². The van der Waals surface area contributed by atoms with Crippen LogP contribution >= 0.6 is 0 Å². The third-order valence-corrected chi connectivity index (χ3v) is 3.50. The van der Waals surface area contributed by atoms with Gasteiger partial charge in [-0.25, -0.2) is 0 Å². The molecule has 2 heterocycles. The quantitative estimate of drug-likeness (QED) is 0.700. The monoisotopic (exact) mass is 247 g/mol. The summed E-state index contributed by atoms with van der Waals surface area (Å²) in [4.78, 5) is 0. The van der Waals surface area contributed by atoms with Crippen molar-refractivity contribution in [3.63, 3.8) is 0 Å². The predicted octanol–water partition coefficient (Wildman–Crippen LogP) is 4.09. The van der Waals surface area contributed by atoms with Crippen LogP contribution in [0.25, 0.3) is 27.6 Å². The van der Waals surface area contributed by atoms with Crippen molar-refractivity contribution in [2.45, 2.75) is 0 Å². The Bertz CT molecular complexity index is 824. The van der Waals surface area contributed by atoms with Crippen LogP contribution in [0.5, 0.6) is 0 Å². The summed E-state index contributed by atoms with van der Waals surface area (Å²) < 4.78 is 6.03. The lowest BCUT2D eigenvalue weighted by atomic mass is 10.1. The molecular formula is C17H13NO. The lowest BCUT2D eigenvalue weighted by Gasteiger charge is -2.12. The molecule has 92 valence electrons. The Kier molecular flexibility index (Phi) is 2.21. The minimum Gasteiger partial charge on any atom is -0.455 e. The van der Waals surface area contributed by atoms with Crippen LogP contribution in [0.1, 0.15) is 5.56 Å². The second-order valence-electron chi connectivity index (χ2n) is 4.67. The van der Waals surface area contributed by atoms with Gasteiger partial charge in [-0.05, 0) is 18.2 Å². The summed E-state index contributed by atoms with van der Waals surface area (Å²) in [6.45, 7) is 0.864. The minimum atomic E-state index is 0.864. The molecule has 0 amide bonds. The van der Waals surface area contributed by atoms with E-state index in [0.717, 1.165) is 29.0 Å². The van der Waals surface area contributed by atoms with Crippen LogP contribution in [-0.2, 0) is 0 Å². The Hall–Kier alpha value is -2.48. The van der Waals surface area contributed by atoms with E-state index in [1.807, 2.05) is 18.2 Å². The van der Waals surface area contributed by atoms with E-state index < -0.39 is 0 Å². The second kappa shape index (κ2) is 4.02. The highest BCUT2D eigenvalue weighted by Crippen LogP contribution is 2.33. The lowest BCUT2D eigenvalue weighted by Crippen LogP contribution is -2.14. The average molecular weight is 247 g/mol. The standard InChI is InChI=1S/C17H13NO/c1-2-10-16-12(6-1)13-7-5-8-14(17(13)19-16)15-9-3-4-11-18-15/h1-10,18H,11H2. The van der Waals surface area contributed by atoms with Gasteiger partial charge in [0.25, 0.3) is 0 Å². The lowest BCUT2D eigenvalue weighted by molar-refractivity contribution is 0.667. The van der Waals surface area contributed by atoms with Gasteiger partial charge in [0, 0.05) is 28.6 Å². The van der Waals surface area contributed by atoms with Gasteiger partial charge in [0.1, 0.15) is 11.2 Å². The van der Waals surface area contributed by atoms with Crippen LogP contribution < -0.4 is 5.32 Å². The summed E-state index contributed by atoms with van der Waals surface area (Å²) in [6, 6.07) is 14.5. The van der Waals surface area contributed by atoms with Crippen LogP contribution in [0.4, 0.5) is 0 Å². The van der Waals surface area contributed by atoms with E-state index in [-0.39, 0.29) is 0 Å². The van der Waals surface area contributed by atoms with Gasteiger partial charge in [0.2, 0.25) is 0 Å². The SMILES string of the molecule is C1=CCNC(c2cccc3c2oc2ccccc23)=C1. The third kappa shape index (κ3) is 1.57. The molecule has 2 aromatic carbocycles. The molecule has 1 aliphatic rings. The largest absolute Gasteiger partial charge is 0.455 e. The number of benzene rings is 2. The molecule has 19 heavy (non-hydrogen) atoms. The molecule has 2 heteroatoms. The predicted molar refractivity (Wildman–Crippen MR) is 78.8 cm³/mol. The van der Waals surface area contributed by atoms with E-state index in [1.165, 1.54) is 10.8 Å². The molecule has 4 rings (SSSR count). The summed E-state index contributed by atoms with van der Waals surface area (Å²) in [5.74, 6) is 0. The number of hydrogen-bond acceptors (Lipinski definition) is 2. The summed E-state index contributed by atoms with van der Waals surface area (Å²) in [5.41, 5.74) is 4.14.